The normalized spacial score (nSPS) is 23.8. The molecule has 1 aromatic rings. The van der Waals surface area contributed by atoms with Crippen LogP contribution in [-0.2, 0) is 0 Å². The topological polar surface area (TPSA) is 77.9 Å². The molecule has 0 unspecified atom stereocenters. The summed E-state index contributed by atoms with van der Waals surface area (Å²) in [6.07, 6.45) is 2.30. The number of amides is 3. The van der Waals surface area contributed by atoms with Gasteiger partial charge in [0.15, 0.2) is 0 Å². The van der Waals surface area contributed by atoms with Crippen molar-refractivity contribution in [3.63, 3.8) is 0 Å². The van der Waals surface area contributed by atoms with Crippen LogP contribution < -0.4 is 0 Å². The molecule has 6 heteroatoms. The monoisotopic (exact) mass is 316 g/mol. The van der Waals surface area contributed by atoms with E-state index in [9.17, 15) is 14.4 Å². The average Bonchev–Trinajstić information content (AvgIpc) is 2.80. The standard InChI is InChI=1S/C17H20N2O4/c1-18(17(22)23)12-8-6-11(7-9-12)10-19-15(20)13-4-2-3-5-14(13)16(19)21/h2-5,11-12H,6-10H2,1H3,(H,22,23)/t11-,12+. The lowest BCUT2D eigenvalue weighted by atomic mass is 9.85. The highest BCUT2D eigenvalue weighted by molar-refractivity contribution is 6.21. The molecule has 2 aliphatic rings. The molecule has 1 saturated carbocycles. The smallest absolute Gasteiger partial charge is 0.407 e. The minimum atomic E-state index is -0.909. The fourth-order valence-electron chi connectivity index (χ4n) is 3.53. The van der Waals surface area contributed by atoms with Crippen LogP contribution in [0.3, 0.4) is 0 Å². The molecule has 0 bridgehead atoms. The molecule has 0 aromatic heterocycles. The Labute approximate surface area is 134 Å². The van der Waals surface area contributed by atoms with E-state index in [0.29, 0.717) is 17.7 Å². The lowest BCUT2D eigenvalue weighted by Gasteiger charge is -2.34. The van der Waals surface area contributed by atoms with Gasteiger partial charge in [-0.25, -0.2) is 4.79 Å². The fourth-order valence-corrected chi connectivity index (χ4v) is 3.53. The zero-order valence-electron chi connectivity index (χ0n) is 13.1. The summed E-state index contributed by atoms with van der Waals surface area (Å²) in [4.78, 5) is 38.4. The van der Waals surface area contributed by atoms with Crippen LogP contribution in [0.2, 0.25) is 0 Å². The second kappa shape index (κ2) is 6.02. The van der Waals surface area contributed by atoms with Gasteiger partial charge in [-0.3, -0.25) is 14.5 Å². The zero-order chi connectivity index (χ0) is 16.6. The Balaban J connectivity index is 1.61. The third-order valence-corrected chi connectivity index (χ3v) is 4.98. The van der Waals surface area contributed by atoms with E-state index in [1.54, 1.807) is 31.3 Å². The zero-order valence-corrected chi connectivity index (χ0v) is 13.1. The Bertz CT molecular complexity index is 615. The van der Waals surface area contributed by atoms with Gasteiger partial charge in [0.2, 0.25) is 0 Å². The van der Waals surface area contributed by atoms with Crippen molar-refractivity contribution >= 4 is 17.9 Å². The Hall–Kier alpha value is -2.37. The molecule has 3 rings (SSSR count). The number of carboxylic acid groups (broad SMARTS) is 1. The van der Waals surface area contributed by atoms with E-state index in [0.717, 1.165) is 25.7 Å². The van der Waals surface area contributed by atoms with Crippen LogP contribution in [-0.4, -0.2) is 52.4 Å². The molecular weight excluding hydrogens is 296 g/mol. The van der Waals surface area contributed by atoms with Crippen LogP contribution >= 0.6 is 0 Å². The van der Waals surface area contributed by atoms with Crippen LogP contribution in [0.4, 0.5) is 4.79 Å². The number of carbonyl (C=O) groups excluding carboxylic acids is 2. The van der Waals surface area contributed by atoms with Gasteiger partial charge < -0.3 is 10.0 Å². The highest BCUT2D eigenvalue weighted by Crippen LogP contribution is 2.30. The minimum Gasteiger partial charge on any atom is -0.465 e. The van der Waals surface area contributed by atoms with Gasteiger partial charge in [-0.05, 0) is 43.7 Å². The lowest BCUT2D eigenvalue weighted by Crippen LogP contribution is -2.41. The van der Waals surface area contributed by atoms with E-state index in [1.807, 2.05) is 0 Å². The van der Waals surface area contributed by atoms with E-state index in [2.05, 4.69) is 0 Å². The number of fused-ring (bicyclic) bond motifs is 1. The number of carbonyl (C=O) groups is 3. The van der Waals surface area contributed by atoms with E-state index in [1.165, 1.54) is 9.80 Å². The van der Waals surface area contributed by atoms with E-state index < -0.39 is 6.09 Å². The highest BCUT2D eigenvalue weighted by Gasteiger charge is 2.37. The summed E-state index contributed by atoms with van der Waals surface area (Å²) >= 11 is 0. The second-order valence-corrected chi connectivity index (χ2v) is 6.33. The first kappa shape index (κ1) is 15.5. The average molecular weight is 316 g/mol. The SMILES string of the molecule is CN(C(=O)O)[C@H]1CC[C@@H](CN2C(=O)c3ccccc3C2=O)CC1. The molecule has 1 heterocycles. The Morgan fingerprint density at radius 1 is 1.13 bits per heavy atom. The predicted molar refractivity (Wildman–Crippen MR) is 83.3 cm³/mol. The third kappa shape index (κ3) is 2.81. The second-order valence-electron chi connectivity index (χ2n) is 6.33. The number of hydrogen-bond acceptors (Lipinski definition) is 3. The first-order chi connectivity index (χ1) is 11.0. The van der Waals surface area contributed by atoms with Crippen molar-refractivity contribution < 1.29 is 19.5 Å². The van der Waals surface area contributed by atoms with Crippen LogP contribution in [0.25, 0.3) is 0 Å². The van der Waals surface area contributed by atoms with E-state index in [-0.39, 0.29) is 23.8 Å². The van der Waals surface area contributed by atoms with Crippen molar-refractivity contribution in [1.29, 1.82) is 0 Å². The summed E-state index contributed by atoms with van der Waals surface area (Å²) in [6, 6.07) is 6.94. The Morgan fingerprint density at radius 2 is 1.65 bits per heavy atom. The molecule has 6 nitrogen and oxygen atoms in total. The van der Waals surface area contributed by atoms with Gasteiger partial charge in [-0.1, -0.05) is 12.1 Å². The number of rotatable bonds is 3. The van der Waals surface area contributed by atoms with E-state index in [4.69, 9.17) is 5.11 Å². The molecule has 1 aromatic carbocycles. The van der Waals surface area contributed by atoms with Crippen LogP contribution in [0.15, 0.2) is 24.3 Å². The van der Waals surface area contributed by atoms with Gasteiger partial charge in [0, 0.05) is 19.6 Å². The quantitative estimate of drug-likeness (QED) is 0.869. The summed E-state index contributed by atoms with van der Waals surface area (Å²) < 4.78 is 0. The molecule has 122 valence electrons. The molecule has 23 heavy (non-hydrogen) atoms. The van der Waals surface area contributed by atoms with Crippen molar-refractivity contribution in [2.45, 2.75) is 31.7 Å². The Kier molecular flexibility index (Phi) is 4.07. The number of nitrogens with zero attached hydrogens (tertiary/aromatic N) is 2. The maximum absolute atomic E-state index is 12.4. The van der Waals surface area contributed by atoms with Crippen molar-refractivity contribution in [3.8, 4) is 0 Å². The molecule has 1 fully saturated rings. The predicted octanol–water partition coefficient (Wildman–Crippen LogP) is 2.45. The Morgan fingerprint density at radius 3 is 2.13 bits per heavy atom. The maximum atomic E-state index is 12.4. The number of benzene rings is 1. The highest BCUT2D eigenvalue weighted by atomic mass is 16.4. The molecule has 1 aliphatic heterocycles. The summed E-state index contributed by atoms with van der Waals surface area (Å²) in [6.45, 7) is 0.426. The first-order valence-corrected chi connectivity index (χ1v) is 7.90. The summed E-state index contributed by atoms with van der Waals surface area (Å²) in [5.74, 6) is -0.179. The summed E-state index contributed by atoms with van der Waals surface area (Å²) in [5, 5.41) is 9.03. The van der Waals surface area contributed by atoms with Gasteiger partial charge in [0.05, 0.1) is 11.1 Å². The van der Waals surface area contributed by atoms with Gasteiger partial charge in [-0.15, -0.1) is 0 Å². The first-order valence-electron chi connectivity index (χ1n) is 7.90. The molecule has 0 radical (unpaired) electrons. The summed E-state index contributed by atoms with van der Waals surface area (Å²) in [5.41, 5.74) is 0.966. The molecule has 0 atom stereocenters. The molecule has 1 N–H and O–H groups in total. The largest absolute Gasteiger partial charge is 0.465 e. The molecule has 3 amide bonds. The minimum absolute atomic E-state index is 0.0333. The number of imide groups is 1. The van der Waals surface area contributed by atoms with Crippen molar-refractivity contribution in [1.82, 2.24) is 9.80 Å². The van der Waals surface area contributed by atoms with Crippen molar-refractivity contribution in [2.24, 2.45) is 5.92 Å². The van der Waals surface area contributed by atoms with Gasteiger partial charge >= 0.3 is 6.09 Å². The van der Waals surface area contributed by atoms with Gasteiger partial charge in [0.1, 0.15) is 0 Å². The van der Waals surface area contributed by atoms with Gasteiger partial charge in [0.25, 0.3) is 11.8 Å². The van der Waals surface area contributed by atoms with Crippen LogP contribution in [0.1, 0.15) is 46.4 Å². The van der Waals surface area contributed by atoms with Crippen LogP contribution in [0.5, 0.6) is 0 Å². The molecular formula is C17H20N2O4. The lowest BCUT2D eigenvalue weighted by molar-refractivity contribution is 0.0602. The molecule has 0 spiro atoms. The fraction of sp³-hybridized carbons (Fsp3) is 0.471. The maximum Gasteiger partial charge on any atom is 0.407 e. The van der Waals surface area contributed by atoms with Crippen LogP contribution in [0, 0.1) is 5.92 Å². The summed E-state index contributed by atoms with van der Waals surface area (Å²) in [7, 11) is 1.59. The van der Waals surface area contributed by atoms with Crippen molar-refractivity contribution in [2.75, 3.05) is 13.6 Å². The number of hydrogen-bond donors (Lipinski definition) is 1. The van der Waals surface area contributed by atoms with E-state index >= 15 is 0 Å². The molecule has 0 saturated heterocycles. The van der Waals surface area contributed by atoms with Gasteiger partial charge in [-0.2, -0.15) is 0 Å². The van der Waals surface area contributed by atoms with Crippen molar-refractivity contribution in [3.05, 3.63) is 35.4 Å². The third-order valence-electron chi connectivity index (χ3n) is 4.98. The molecule has 1 aliphatic carbocycles.